The molecule has 0 bridgehead atoms. The fourth-order valence-electron chi connectivity index (χ4n) is 0.945. The smallest absolute Gasteiger partial charge is 0.451 e. The van der Waals surface area contributed by atoms with Crippen molar-refractivity contribution in [2.24, 2.45) is 0 Å². The third-order valence-electron chi connectivity index (χ3n) is 1.53. The Hall–Kier alpha value is -1.76. The Morgan fingerprint density at radius 1 is 1.25 bits per heavy atom. The van der Waals surface area contributed by atoms with E-state index in [1.807, 2.05) is 0 Å². The Balaban J connectivity index is 2.93. The molecule has 0 N–H and O–H groups in total. The molecule has 1 amide bonds. The summed E-state index contributed by atoms with van der Waals surface area (Å²) in [6.45, 7) is 0. The number of alkyl halides is 3. The number of amides is 1. The van der Waals surface area contributed by atoms with Crippen molar-refractivity contribution < 1.29 is 27.5 Å². The monoisotopic (exact) mass is 235 g/mol. The minimum absolute atomic E-state index is 0.0278. The Morgan fingerprint density at radius 3 is 2.25 bits per heavy atom. The van der Waals surface area contributed by atoms with Gasteiger partial charge < -0.3 is 4.74 Å². The lowest BCUT2D eigenvalue weighted by Gasteiger charge is -2.20. The van der Waals surface area contributed by atoms with Crippen LogP contribution in [0.25, 0.3) is 0 Å². The summed E-state index contributed by atoms with van der Waals surface area (Å²) in [5, 5.41) is 0.0278. The van der Waals surface area contributed by atoms with Crippen LogP contribution < -0.4 is 5.06 Å². The van der Waals surface area contributed by atoms with Crippen LogP contribution >= 0.6 is 0 Å². The van der Waals surface area contributed by atoms with E-state index in [9.17, 15) is 18.0 Å². The number of benzene rings is 1. The van der Waals surface area contributed by atoms with Crippen LogP contribution in [0.15, 0.2) is 30.3 Å². The molecule has 0 heterocycles. The molecule has 16 heavy (non-hydrogen) atoms. The maximum absolute atomic E-state index is 12.0. The second kappa shape index (κ2) is 4.84. The summed E-state index contributed by atoms with van der Waals surface area (Å²) in [6, 6.07) is 7.08. The average Bonchev–Trinajstić information content (AvgIpc) is 2.25. The summed E-state index contributed by atoms with van der Waals surface area (Å²) in [4.78, 5) is 14.6. The van der Waals surface area contributed by atoms with Crippen molar-refractivity contribution in [2.75, 3.05) is 12.2 Å². The van der Waals surface area contributed by atoms with Crippen LogP contribution in [0.4, 0.5) is 23.7 Å². The van der Waals surface area contributed by atoms with Crippen molar-refractivity contribution in [1.29, 1.82) is 0 Å². The number of carbonyl (C=O) groups is 1. The summed E-state index contributed by atoms with van der Waals surface area (Å²) in [5.74, 6) is 0. The molecular weight excluding hydrogens is 227 g/mol. The van der Waals surface area contributed by atoms with Gasteiger partial charge in [0, 0.05) is 0 Å². The molecule has 0 aliphatic carbocycles. The number of nitrogens with zero attached hydrogens (tertiary/aromatic N) is 1. The van der Waals surface area contributed by atoms with E-state index in [0.717, 1.165) is 7.11 Å². The summed E-state index contributed by atoms with van der Waals surface area (Å²) in [5.41, 5.74) is -0.0772. The average molecular weight is 235 g/mol. The lowest BCUT2D eigenvalue weighted by molar-refractivity contribution is -0.326. The van der Waals surface area contributed by atoms with E-state index in [1.54, 1.807) is 6.07 Å². The van der Waals surface area contributed by atoms with Gasteiger partial charge in [0.05, 0.1) is 12.8 Å². The maximum atomic E-state index is 12.0. The van der Waals surface area contributed by atoms with Crippen molar-refractivity contribution in [3.05, 3.63) is 30.3 Å². The molecule has 0 aromatic heterocycles. The van der Waals surface area contributed by atoms with Crippen molar-refractivity contribution >= 4 is 11.8 Å². The molecule has 4 nitrogen and oxygen atoms in total. The second-order valence-corrected chi connectivity index (χ2v) is 2.64. The highest BCUT2D eigenvalue weighted by atomic mass is 19.4. The van der Waals surface area contributed by atoms with E-state index in [0.29, 0.717) is 0 Å². The number of rotatable bonds is 2. The molecular formula is C9H8F3NO3. The van der Waals surface area contributed by atoms with Gasteiger partial charge in [-0.25, -0.2) is 4.79 Å². The highest BCUT2D eigenvalue weighted by molar-refractivity contribution is 5.85. The summed E-state index contributed by atoms with van der Waals surface area (Å²) < 4.78 is 40.2. The molecule has 0 aliphatic rings. The predicted octanol–water partition coefficient (Wildman–Crippen LogP) is 2.71. The van der Waals surface area contributed by atoms with Gasteiger partial charge in [-0.1, -0.05) is 18.2 Å². The van der Waals surface area contributed by atoms with E-state index in [1.165, 1.54) is 24.3 Å². The van der Waals surface area contributed by atoms with E-state index in [2.05, 4.69) is 9.57 Å². The molecule has 0 fully saturated rings. The molecule has 0 atom stereocenters. The van der Waals surface area contributed by atoms with Gasteiger partial charge in [0.1, 0.15) is 0 Å². The Morgan fingerprint density at radius 2 is 1.81 bits per heavy atom. The van der Waals surface area contributed by atoms with Gasteiger partial charge in [-0.2, -0.15) is 4.84 Å². The third-order valence-corrected chi connectivity index (χ3v) is 1.53. The topological polar surface area (TPSA) is 38.8 Å². The van der Waals surface area contributed by atoms with Crippen molar-refractivity contribution in [1.82, 2.24) is 0 Å². The van der Waals surface area contributed by atoms with Crippen LogP contribution in [-0.2, 0) is 9.57 Å². The largest absolute Gasteiger partial charge is 0.544 e. The van der Waals surface area contributed by atoms with Crippen molar-refractivity contribution in [3.8, 4) is 0 Å². The third kappa shape index (κ3) is 3.43. The van der Waals surface area contributed by atoms with Crippen molar-refractivity contribution in [2.45, 2.75) is 6.36 Å². The molecule has 1 rings (SSSR count). The Bertz CT molecular complexity index is 353. The van der Waals surface area contributed by atoms with Crippen molar-refractivity contribution in [3.63, 3.8) is 0 Å². The van der Waals surface area contributed by atoms with E-state index >= 15 is 0 Å². The Kier molecular flexibility index (Phi) is 3.73. The standard InChI is InChI=1S/C9H8F3NO3/c1-15-8(14)13(16-9(10,11)12)7-5-3-2-4-6-7/h2-6H,1H3. The predicted molar refractivity (Wildman–Crippen MR) is 48.5 cm³/mol. The first-order valence-electron chi connectivity index (χ1n) is 4.13. The van der Waals surface area contributed by atoms with Crippen LogP contribution in [-0.4, -0.2) is 19.6 Å². The van der Waals surface area contributed by atoms with E-state index < -0.39 is 12.5 Å². The fourth-order valence-corrected chi connectivity index (χ4v) is 0.945. The quantitative estimate of drug-likeness (QED) is 0.740. The van der Waals surface area contributed by atoms with Gasteiger partial charge in [0.25, 0.3) is 0 Å². The SMILES string of the molecule is COC(=O)N(OC(F)(F)F)c1ccccc1. The van der Waals surface area contributed by atoms with E-state index in [-0.39, 0.29) is 10.8 Å². The molecule has 0 radical (unpaired) electrons. The number of para-hydroxylation sites is 1. The van der Waals surface area contributed by atoms with Crippen LogP contribution in [0.3, 0.4) is 0 Å². The van der Waals surface area contributed by atoms with E-state index in [4.69, 9.17) is 0 Å². The molecule has 0 saturated heterocycles. The molecule has 0 saturated carbocycles. The number of ether oxygens (including phenoxy) is 1. The highest BCUT2D eigenvalue weighted by Crippen LogP contribution is 2.24. The molecule has 1 aromatic rings. The molecule has 0 spiro atoms. The first-order valence-corrected chi connectivity index (χ1v) is 4.13. The lowest BCUT2D eigenvalue weighted by atomic mass is 10.3. The molecule has 0 aliphatic heterocycles. The van der Waals surface area contributed by atoms with Gasteiger partial charge >= 0.3 is 12.5 Å². The molecule has 1 aromatic carbocycles. The maximum Gasteiger partial charge on any atom is 0.544 e. The number of carbonyl (C=O) groups excluding carboxylic acids is 1. The number of hydrogen-bond donors (Lipinski definition) is 0. The fraction of sp³-hybridized carbons (Fsp3) is 0.222. The number of halogens is 3. The second-order valence-electron chi connectivity index (χ2n) is 2.64. The van der Waals surface area contributed by atoms with Gasteiger partial charge in [-0.05, 0) is 12.1 Å². The summed E-state index contributed by atoms with van der Waals surface area (Å²) >= 11 is 0. The first-order chi connectivity index (χ1) is 7.44. The molecule has 7 heteroatoms. The number of anilines is 1. The number of hydroxylamine groups is 1. The zero-order valence-electron chi connectivity index (χ0n) is 8.19. The Labute approximate surface area is 89.1 Å². The van der Waals surface area contributed by atoms with Crippen LogP contribution in [0.5, 0.6) is 0 Å². The normalized spacial score (nSPS) is 11.0. The lowest BCUT2D eigenvalue weighted by Crippen LogP contribution is -2.36. The zero-order valence-corrected chi connectivity index (χ0v) is 8.19. The minimum atomic E-state index is -4.97. The highest BCUT2D eigenvalue weighted by Gasteiger charge is 2.36. The molecule has 88 valence electrons. The summed E-state index contributed by atoms with van der Waals surface area (Å²) in [7, 11) is 0.956. The zero-order chi connectivity index (χ0) is 12.2. The number of methoxy groups -OCH3 is 1. The van der Waals surface area contributed by atoms with Gasteiger partial charge in [-0.3, -0.25) is 0 Å². The van der Waals surface area contributed by atoms with Crippen LogP contribution in [0.2, 0.25) is 0 Å². The van der Waals surface area contributed by atoms with Gasteiger partial charge in [0.15, 0.2) is 0 Å². The van der Waals surface area contributed by atoms with Crippen LogP contribution in [0.1, 0.15) is 0 Å². The van der Waals surface area contributed by atoms with Crippen LogP contribution in [0, 0.1) is 0 Å². The number of hydrogen-bond acceptors (Lipinski definition) is 3. The van der Waals surface area contributed by atoms with Gasteiger partial charge in [-0.15, -0.1) is 18.2 Å². The molecule has 0 unspecified atom stereocenters. The first kappa shape index (κ1) is 12.3. The minimum Gasteiger partial charge on any atom is -0.451 e. The van der Waals surface area contributed by atoms with Gasteiger partial charge in [0.2, 0.25) is 0 Å². The summed E-state index contributed by atoms with van der Waals surface area (Å²) in [6.07, 6.45) is -6.23.